The molecule has 20 heavy (non-hydrogen) atoms. The summed E-state index contributed by atoms with van der Waals surface area (Å²) in [6.07, 6.45) is 0. The highest BCUT2D eigenvalue weighted by atomic mass is 19.1. The van der Waals surface area contributed by atoms with E-state index in [-0.39, 0.29) is 25.6 Å². The molecule has 0 fully saturated rings. The minimum absolute atomic E-state index is 0.0948. The van der Waals surface area contributed by atoms with E-state index in [1.807, 2.05) is 0 Å². The molecule has 1 unspecified atom stereocenters. The number of halogens is 1. The molecule has 5 nitrogen and oxygen atoms in total. The second-order valence-corrected chi connectivity index (χ2v) is 4.41. The molecule has 1 aromatic rings. The molecule has 0 aliphatic carbocycles. The van der Waals surface area contributed by atoms with Crippen LogP contribution < -0.4 is 0 Å². The number of rotatable bonds is 6. The van der Waals surface area contributed by atoms with E-state index in [4.69, 9.17) is 5.11 Å². The smallest absolute Gasteiger partial charge is 0.310 e. The number of amides is 1. The number of carbonyl (C=O) groups is 2. The maximum atomic E-state index is 12.8. The Morgan fingerprint density at radius 1 is 1.35 bits per heavy atom. The Morgan fingerprint density at radius 3 is 2.45 bits per heavy atom. The van der Waals surface area contributed by atoms with Gasteiger partial charge >= 0.3 is 5.97 Å². The first-order chi connectivity index (χ1) is 9.49. The Hall–Kier alpha value is -1.95. The molecular weight excluding hydrogens is 265 g/mol. The van der Waals surface area contributed by atoms with Crippen molar-refractivity contribution in [1.29, 1.82) is 0 Å². The lowest BCUT2D eigenvalue weighted by molar-refractivity contribution is -0.145. The molecule has 0 saturated heterocycles. The minimum Gasteiger partial charge on any atom is -0.469 e. The summed E-state index contributed by atoms with van der Waals surface area (Å²) >= 11 is 0. The maximum absolute atomic E-state index is 12.8. The summed E-state index contributed by atoms with van der Waals surface area (Å²) in [6, 6.07) is 5.11. The summed E-state index contributed by atoms with van der Waals surface area (Å²) in [7, 11) is 1.27. The zero-order valence-electron chi connectivity index (χ0n) is 11.5. The Balaban J connectivity index is 2.81. The van der Waals surface area contributed by atoms with Gasteiger partial charge in [0.15, 0.2) is 0 Å². The van der Waals surface area contributed by atoms with Gasteiger partial charge in [-0.1, -0.05) is 6.92 Å². The molecule has 0 aromatic heterocycles. The fourth-order valence-electron chi connectivity index (χ4n) is 1.78. The van der Waals surface area contributed by atoms with Crippen LogP contribution in [0.1, 0.15) is 17.3 Å². The molecule has 0 radical (unpaired) electrons. The Morgan fingerprint density at radius 2 is 1.95 bits per heavy atom. The van der Waals surface area contributed by atoms with Crippen LogP contribution in [-0.4, -0.2) is 48.7 Å². The van der Waals surface area contributed by atoms with Crippen molar-refractivity contribution >= 4 is 11.9 Å². The van der Waals surface area contributed by atoms with Gasteiger partial charge in [-0.2, -0.15) is 0 Å². The van der Waals surface area contributed by atoms with Crippen molar-refractivity contribution in [1.82, 2.24) is 4.90 Å². The van der Waals surface area contributed by atoms with Gasteiger partial charge in [-0.25, -0.2) is 4.39 Å². The van der Waals surface area contributed by atoms with Crippen LogP contribution in [0.3, 0.4) is 0 Å². The Bertz CT molecular complexity index is 461. The second kappa shape index (κ2) is 7.59. The molecular formula is C14H18FNO4. The van der Waals surface area contributed by atoms with E-state index in [2.05, 4.69) is 4.74 Å². The molecule has 0 heterocycles. The molecule has 0 aliphatic heterocycles. The number of aliphatic hydroxyl groups excluding tert-OH is 1. The van der Waals surface area contributed by atoms with Crippen LogP contribution in [0.15, 0.2) is 24.3 Å². The van der Waals surface area contributed by atoms with Crippen molar-refractivity contribution < 1.29 is 23.8 Å². The van der Waals surface area contributed by atoms with Gasteiger partial charge in [-0.05, 0) is 24.3 Å². The van der Waals surface area contributed by atoms with Gasteiger partial charge in [0.25, 0.3) is 5.91 Å². The van der Waals surface area contributed by atoms with E-state index >= 15 is 0 Å². The third-order valence-corrected chi connectivity index (χ3v) is 2.85. The van der Waals surface area contributed by atoms with Crippen LogP contribution >= 0.6 is 0 Å². The quantitative estimate of drug-likeness (QED) is 0.793. The van der Waals surface area contributed by atoms with Gasteiger partial charge in [-0.15, -0.1) is 0 Å². The summed E-state index contributed by atoms with van der Waals surface area (Å²) < 4.78 is 17.4. The number of hydrogen-bond acceptors (Lipinski definition) is 4. The molecule has 6 heteroatoms. The van der Waals surface area contributed by atoms with Crippen LogP contribution in [0, 0.1) is 11.7 Å². The van der Waals surface area contributed by atoms with Gasteiger partial charge in [0.2, 0.25) is 0 Å². The van der Waals surface area contributed by atoms with E-state index in [1.165, 1.54) is 36.3 Å². The predicted octanol–water partition coefficient (Wildman–Crippen LogP) is 1.07. The highest BCUT2D eigenvalue weighted by Gasteiger charge is 2.22. The minimum atomic E-state index is -0.504. The topological polar surface area (TPSA) is 66.8 Å². The number of esters is 1. The van der Waals surface area contributed by atoms with E-state index in [0.29, 0.717) is 5.56 Å². The first-order valence-corrected chi connectivity index (χ1v) is 6.23. The van der Waals surface area contributed by atoms with Gasteiger partial charge in [0.1, 0.15) is 5.82 Å². The van der Waals surface area contributed by atoms with Crippen molar-refractivity contribution in [2.75, 3.05) is 26.8 Å². The number of aliphatic hydroxyl groups is 1. The normalized spacial score (nSPS) is 11.8. The number of methoxy groups -OCH3 is 1. The monoisotopic (exact) mass is 283 g/mol. The number of hydrogen-bond donors (Lipinski definition) is 1. The zero-order chi connectivity index (χ0) is 15.1. The molecule has 110 valence electrons. The third kappa shape index (κ3) is 4.31. The standard InChI is InChI=1S/C14H18FNO4/c1-10(14(19)20-2)9-16(7-8-17)13(18)11-3-5-12(15)6-4-11/h3-6,10,17H,7-9H2,1-2H3. The van der Waals surface area contributed by atoms with Gasteiger partial charge in [0, 0.05) is 18.7 Å². The average Bonchev–Trinajstić information content (AvgIpc) is 2.45. The van der Waals surface area contributed by atoms with Crippen molar-refractivity contribution in [3.8, 4) is 0 Å². The lowest BCUT2D eigenvalue weighted by Gasteiger charge is -2.24. The third-order valence-electron chi connectivity index (χ3n) is 2.85. The fraction of sp³-hybridized carbons (Fsp3) is 0.429. The first-order valence-electron chi connectivity index (χ1n) is 6.23. The van der Waals surface area contributed by atoms with E-state index in [9.17, 15) is 14.0 Å². The lowest BCUT2D eigenvalue weighted by atomic mass is 10.1. The predicted molar refractivity (Wildman–Crippen MR) is 70.6 cm³/mol. The molecule has 1 N–H and O–H groups in total. The lowest BCUT2D eigenvalue weighted by Crippen LogP contribution is -2.39. The number of nitrogens with zero attached hydrogens (tertiary/aromatic N) is 1. The molecule has 1 rings (SSSR count). The summed E-state index contributed by atoms with van der Waals surface area (Å²) in [5.74, 6) is -1.73. The van der Waals surface area contributed by atoms with Crippen LogP contribution in [0.5, 0.6) is 0 Å². The van der Waals surface area contributed by atoms with Gasteiger partial charge < -0.3 is 14.7 Å². The molecule has 0 bridgehead atoms. The summed E-state index contributed by atoms with van der Waals surface area (Å²) in [5, 5.41) is 9.02. The van der Waals surface area contributed by atoms with E-state index < -0.39 is 17.7 Å². The summed E-state index contributed by atoms with van der Waals surface area (Å²) in [5.41, 5.74) is 0.303. The van der Waals surface area contributed by atoms with Crippen molar-refractivity contribution in [2.45, 2.75) is 6.92 Å². The molecule has 1 amide bonds. The Kier molecular flexibility index (Phi) is 6.11. The van der Waals surface area contributed by atoms with Crippen LogP contribution in [-0.2, 0) is 9.53 Å². The number of benzene rings is 1. The van der Waals surface area contributed by atoms with Gasteiger partial charge in [0.05, 0.1) is 19.6 Å². The molecule has 0 spiro atoms. The first kappa shape index (κ1) is 16.1. The van der Waals surface area contributed by atoms with Crippen molar-refractivity contribution in [3.63, 3.8) is 0 Å². The van der Waals surface area contributed by atoms with Gasteiger partial charge in [-0.3, -0.25) is 9.59 Å². The second-order valence-electron chi connectivity index (χ2n) is 4.41. The highest BCUT2D eigenvalue weighted by molar-refractivity contribution is 5.94. The van der Waals surface area contributed by atoms with E-state index in [0.717, 1.165) is 0 Å². The SMILES string of the molecule is COC(=O)C(C)CN(CCO)C(=O)c1ccc(F)cc1. The largest absolute Gasteiger partial charge is 0.469 e. The van der Waals surface area contributed by atoms with Crippen molar-refractivity contribution in [2.24, 2.45) is 5.92 Å². The van der Waals surface area contributed by atoms with E-state index in [1.54, 1.807) is 6.92 Å². The number of carbonyl (C=O) groups excluding carboxylic acids is 2. The summed E-state index contributed by atoms with van der Waals surface area (Å²) in [4.78, 5) is 25.0. The van der Waals surface area contributed by atoms with Crippen LogP contribution in [0.4, 0.5) is 4.39 Å². The molecule has 1 atom stereocenters. The molecule has 0 aliphatic rings. The average molecular weight is 283 g/mol. The maximum Gasteiger partial charge on any atom is 0.310 e. The number of ether oxygens (including phenoxy) is 1. The fourth-order valence-corrected chi connectivity index (χ4v) is 1.78. The summed E-state index contributed by atoms with van der Waals surface area (Å²) in [6.45, 7) is 1.63. The van der Waals surface area contributed by atoms with Crippen LogP contribution in [0.25, 0.3) is 0 Å². The Labute approximate surface area is 117 Å². The highest BCUT2D eigenvalue weighted by Crippen LogP contribution is 2.10. The van der Waals surface area contributed by atoms with Crippen molar-refractivity contribution in [3.05, 3.63) is 35.6 Å². The van der Waals surface area contributed by atoms with Crippen LogP contribution in [0.2, 0.25) is 0 Å². The molecule has 0 saturated carbocycles. The molecule has 1 aromatic carbocycles. The zero-order valence-corrected chi connectivity index (χ0v) is 11.5.